The Balaban J connectivity index is 1.56. The van der Waals surface area contributed by atoms with Gasteiger partial charge in [0.25, 0.3) is 0 Å². The minimum Gasteiger partial charge on any atom is -0.493 e. The maximum absolute atomic E-state index is 11.9. The minimum atomic E-state index is -0.199. The van der Waals surface area contributed by atoms with Gasteiger partial charge in [-0.05, 0) is 41.5 Å². The fourth-order valence-electron chi connectivity index (χ4n) is 2.47. The van der Waals surface area contributed by atoms with Gasteiger partial charge >= 0.3 is 0 Å². The van der Waals surface area contributed by atoms with Crippen LogP contribution in [-0.2, 0) is 17.9 Å². The Morgan fingerprint density at radius 2 is 1.89 bits per heavy atom. The molecule has 1 aromatic heterocycles. The van der Waals surface area contributed by atoms with Crippen LogP contribution in [0.1, 0.15) is 16.9 Å². The van der Waals surface area contributed by atoms with Crippen LogP contribution in [0, 0.1) is 0 Å². The molecule has 138 valence electrons. The smallest absolute Gasteiger partial charge is 0.244 e. The third-order valence-corrected chi connectivity index (χ3v) is 3.87. The average Bonchev–Trinajstić information content (AvgIpc) is 3.24. The molecule has 0 atom stereocenters. The first-order chi connectivity index (χ1) is 13.2. The molecule has 2 aromatic carbocycles. The lowest BCUT2D eigenvalue weighted by molar-refractivity contribution is -0.116. The van der Waals surface area contributed by atoms with E-state index in [4.69, 9.17) is 13.9 Å². The van der Waals surface area contributed by atoms with Crippen molar-refractivity contribution < 1.29 is 18.7 Å². The number of rotatable bonds is 8. The summed E-state index contributed by atoms with van der Waals surface area (Å²) in [6.07, 6.45) is 4.62. The summed E-state index contributed by atoms with van der Waals surface area (Å²) in [6, 6.07) is 19.1. The first kappa shape index (κ1) is 18.3. The van der Waals surface area contributed by atoms with Crippen molar-refractivity contribution in [2.45, 2.75) is 13.2 Å². The van der Waals surface area contributed by atoms with E-state index < -0.39 is 0 Å². The Hall–Kier alpha value is -3.47. The van der Waals surface area contributed by atoms with Crippen LogP contribution in [0.15, 0.2) is 77.4 Å². The van der Waals surface area contributed by atoms with Crippen molar-refractivity contribution in [2.75, 3.05) is 7.11 Å². The highest BCUT2D eigenvalue weighted by molar-refractivity contribution is 5.91. The van der Waals surface area contributed by atoms with E-state index in [2.05, 4.69) is 5.32 Å². The molecule has 0 fully saturated rings. The second-order valence-electron chi connectivity index (χ2n) is 5.83. The molecule has 3 aromatic rings. The molecular weight excluding hydrogens is 342 g/mol. The molecule has 0 aliphatic rings. The van der Waals surface area contributed by atoms with E-state index in [1.165, 1.54) is 6.08 Å². The van der Waals surface area contributed by atoms with Crippen molar-refractivity contribution in [3.63, 3.8) is 0 Å². The summed E-state index contributed by atoms with van der Waals surface area (Å²) < 4.78 is 16.4. The molecule has 5 heteroatoms. The number of ether oxygens (including phenoxy) is 2. The highest BCUT2D eigenvalue weighted by atomic mass is 16.5. The lowest BCUT2D eigenvalue weighted by Crippen LogP contribution is -2.20. The second-order valence-corrected chi connectivity index (χ2v) is 5.83. The van der Waals surface area contributed by atoms with E-state index in [0.29, 0.717) is 30.4 Å². The van der Waals surface area contributed by atoms with Crippen molar-refractivity contribution >= 4 is 12.0 Å². The molecule has 0 radical (unpaired) electrons. The molecule has 0 aliphatic heterocycles. The largest absolute Gasteiger partial charge is 0.493 e. The van der Waals surface area contributed by atoms with Crippen LogP contribution in [0.4, 0.5) is 0 Å². The van der Waals surface area contributed by atoms with Gasteiger partial charge < -0.3 is 19.2 Å². The lowest BCUT2D eigenvalue weighted by Gasteiger charge is -2.12. The number of amides is 1. The summed E-state index contributed by atoms with van der Waals surface area (Å²) in [5.74, 6) is 1.72. The second kappa shape index (κ2) is 9.29. The van der Waals surface area contributed by atoms with Gasteiger partial charge in [0.15, 0.2) is 11.5 Å². The maximum Gasteiger partial charge on any atom is 0.244 e. The Labute approximate surface area is 158 Å². The number of carbonyl (C=O) groups is 1. The molecule has 0 saturated carbocycles. The number of nitrogens with one attached hydrogen (secondary N) is 1. The van der Waals surface area contributed by atoms with Crippen LogP contribution in [0.5, 0.6) is 11.5 Å². The van der Waals surface area contributed by atoms with Crippen LogP contribution < -0.4 is 14.8 Å². The molecule has 0 bridgehead atoms. The van der Waals surface area contributed by atoms with E-state index >= 15 is 0 Å². The predicted molar refractivity (Wildman–Crippen MR) is 103 cm³/mol. The summed E-state index contributed by atoms with van der Waals surface area (Å²) >= 11 is 0. The zero-order valence-electron chi connectivity index (χ0n) is 15.1. The van der Waals surface area contributed by atoms with Gasteiger partial charge in [0.05, 0.1) is 13.4 Å². The van der Waals surface area contributed by atoms with E-state index in [1.807, 2.05) is 48.5 Å². The average molecular weight is 363 g/mol. The van der Waals surface area contributed by atoms with E-state index in [0.717, 1.165) is 11.1 Å². The van der Waals surface area contributed by atoms with Crippen LogP contribution >= 0.6 is 0 Å². The molecule has 1 amide bonds. The van der Waals surface area contributed by atoms with Gasteiger partial charge in [0.2, 0.25) is 5.91 Å². The Bertz CT molecular complexity index is 886. The minimum absolute atomic E-state index is 0.199. The van der Waals surface area contributed by atoms with Crippen LogP contribution in [-0.4, -0.2) is 13.0 Å². The molecule has 1 heterocycles. The van der Waals surface area contributed by atoms with Crippen molar-refractivity contribution in [3.05, 3.63) is 89.9 Å². The van der Waals surface area contributed by atoms with Gasteiger partial charge in [-0.1, -0.05) is 36.4 Å². The van der Waals surface area contributed by atoms with E-state index in [1.54, 1.807) is 31.6 Å². The number of benzene rings is 2. The maximum atomic E-state index is 11.9. The summed E-state index contributed by atoms with van der Waals surface area (Å²) in [6.45, 7) is 0.849. The highest BCUT2D eigenvalue weighted by Crippen LogP contribution is 2.28. The first-order valence-electron chi connectivity index (χ1n) is 8.57. The Morgan fingerprint density at radius 3 is 2.63 bits per heavy atom. The molecule has 0 aliphatic carbocycles. The van der Waals surface area contributed by atoms with Crippen LogP contribution in [0.2, 0.25) is 0 Å². The standard InChI is InChI=1S/C22H21NO4/c1-25-21-14-18(15-23-22(24)12-10-19-8-5-13-26-19)9-11-20(21)27-16-17-6-3-2-4-7-17/h2-14H,15-16H2,1H3,(H,23,24)/b12-10+. The summed E-state index contributed by atoms with van der Waals surface area (Å²) in [7, 11) is 1.60. The Morgan fingerprint density at radius 1 is 1.04 bits per heavy atom. The van der Waals surface area contributed by atoms with Crippen LogP contribution in [0.3, 0.4) is 0 Å². The number of methoxy groups -OCH3 is 1. The van der Waals surface area contributed by atoms with Crippen molar-refractivity contribution in [2.24, 2.45) is 0 Å². The van der Waals surface area contributed by atoms with E-state index in [9.17, 15) is 4.79 Å². The first-order valence-corrected chi connectivity index (χ1v) is 8.57. The molecule has 1 N–H and O–H groups in total. The normalized spacial score (nSPS) is 10.7. The SMILES string of the molecule is COc1cc(CNC(=O)/C=C/c2ccco2)ccc1OCc1ccccc1. The summed E-state index contributed by atoms with van der Waals surface area (Å²) in [5.41, 5.74) is 2.00. The molecule has 0 spiro atoms. The number of hydrogen-bond acceptors (Lipinski definition) is 4. The van der Waals surface area contributed by atoms with Gasteiger partial charge in [-0.15, -0.1) is 0 Å². The topological polar surface area (TPSA) is 60.7 Å². The predicted octanol–water partition coefficient (Wildman–Crippen LogP) is 4.20. The monoisotopic (exact) mass is 363 g/mol. The van der Waals surface area contributed by atoms with Crippen molar-refractivity contribution in [1.82, 2.24) is 5.32 Å². The summed E-state index contributed by atoms with van der Waals surface area (Å²) in [4.78, 5) is 11.9. The number of hydrogen-bond donors (Lipinski definition) is 1. The highest BCUT2D eigenvalue weighted by Gasteiger charge is 2.07. The number of furan rings is 1. The molecule has 3 rings (SSSR count). The van der Waals surface area contributed by atoms with Gasteiger partial charge in [0, 0.05) is 12.6 Å². The zero-order valence-corrected chi connectivity index (χ0v) is 15.1. The van der Waals surface area contributed by atoms with Gasteiger partial charge in [-0.3, -0.25) is 4.79 Å². The lowest BCUT2D eigenvalue weighted by atomic mass is 10.2. The molecule has 27 heavy (non-hydrogen) atoms. The Kier molecular flexibility index (Phi) is 6.30. The van der Waals surface area contributed by atoms with Crippen molar-refractivity contribution in [1.29, 1.82) is 0 Å². The number of carbonyl (C=O) groups excluding carboxylic acids is 1. The quantitative estimate of drug-likeness (QED) is 0.610. The van der Waals surface area contributed by atoms with Gasteiger partial charge in [-0.2, -0.15) is 0 Å². The fraction of sp³-hybridized carbons (Fsp3) is 0.136. The van der Waals surface area contributed by atoms with Gasteiger partial charge in [0.1, 0.15) is 12.4 Å². The van der Waals surface area contributed by atoms with Crippen molar-refractivity contribution in [3.8, 4) is 11.5 Å². The molecule has 0 unspecified atom stereocenters. The molecule has 0 saturated heterocycles. The van der Waals surface area contributed by atoms with Gasteiger partial charge in [-0.25, -0.2) is 0 Å². The zero-order chi connectivity index (χ0) is 18.9. The molecular formula is C22H21NO4. The van der Waals surface area contributed by atoms with E-state index in [-0.39, 0.29) is 5.91 Å². The molecule has 5 nitrogen and oxygen atoms in total. The fourth-order valence-corrected chi connectivity index (χ4v) is 2.47. The third kappa shape index (κ3) is 5.51. The summed E-state index contributed by atoms with van der Waals surface area (Å²) in [5, 5.41) is 2.83. The van der Waals surface area contributed by atoms with Crippen LogP contribution in [0.25, 0.3) is 6.08 Å². The third-order valence-electron chi connectivity index (χ3n) is 3.87.